The van der Waals surface area contributed by atoms with Crippen LogP contribution in [0, 0.1) is 0 Å². The maximum absolute atomic E-state index is 12.5. The van der Waals surface area contributed by atoms with Crippen molar-refractivity contribution in [3.05, 3.63) is 22.1 Å². The largest absolute Gasteiger partial charge is 0.457 e. The summed E-state index contributed by atoms with van der Waals surface area (Å²) in [6.45, 7) is 5.49. The third kappa shape index (κ3) is 3.98. The molecule has 23 heavy (non-hydrogen) atoms. The van der Waals surface area contributed by atoms with Crippen LogP contribution in [0.25, 0.3) is 0 Å². The fourth-order valence-corrected chi connectivity index (χ4v) is 2.40. The lowest BCUT2D eigenvalue weighted by molar-refractivity contribution is 0.0610. The van der Waals surface area contributed by atoms with E-state index in [0.29, 0.717) is 26.2 Å². The van der Waals surface area contributed by atoms with Gasteiger partial charge in [-0.1, -0.05) is 6.92 Å². The van der Waals surface area contributed by atoms with Crippen molar-refractivity contribution in [1.82, 2.24) is 14.7 Å². The van der Waals surface area contributed by atoms with Gasteiger partial charge in [0.2, 0.25) is 18.0 Å². The minimum Gasteiger partial charge on any atom is -0.457 e. The first-order chi connectivity index (χ1) is 11.1. The van der Waals surface area contributed by atoms with E-state index in [0.717, 1.165) is 12.6 Å². The van der Waals surface area contributed by atoms with Crippen LogP contribution in [-0.2, 0) is 16.0 Å². The van der Waals surface area contributed by atoms with Crippen molar-refractivity contribution >= 4 is 23.4 Å². The molecule has 8 nitrogen and oxygen atoms in total. The monoisotopic (exact) mass is 341 g/mol. The first kappa shape index (κ1) is 17.2. The van der Waals surface area contributed by atoms with E-state index in [2.05, 4.69) is 5.10 Å². The summed E-state index contributed by atoms with van der Waals surface area (Å²) in [7, 11) is 0. The Bertz CT molecular complexity index is 646. The topological polar surface area (TPSA) is 82.9 Å². The second-order valence-corrected chi connectivity index (χ2v) is 5.12. The van der Waals surface area contributed by atoms with Gasteiger partial charge in [-0.15, -0.1) is 0 Å². The molecular weight excluding hydrogens is 322 g/mol. The van der Waals surface area contributed by atoms with Gasteiger partial charge in [0.05, 0.1) is 19.3 Å². The number of carbonyl (C=O) groups excluding carboxylic acids is 1. The molecule has 1 amide bonds. The van der Waals surface area contributed by atoms with Crippen molar-refractivity contribution in [2.45, 2.75) is 26.8 Å². The highest BCUT2D eigenvalue weighted by Crippen LogP contribution is 2.19. The number of nitrogens with zero attached hydrogens (tertiary/aromatic N) is 3. The molecule has 0 fully saturated rings. The van der Waals surface area contributed by atoms with Crippen LogP contribution in [0.15, 0.2) is 11.0 Å². The summed E-state index contributed by atoms with van der Waals surface area (Å²) in [6, 6.07) is 0. The number of fused-ring (bicyclic) bond motifs is 1. The van der Waals surface area contributed by atoms with Crippen LogP contribution in [0.4, 0.5) is 0 Å². The standard InChI is InChI=1S/C14H19N3O5S/c1-3-5-16-6-7-17-11(13(16)19)12(10(18)8-15-17)21-9-22-14(23)20-4-2/h8H,3-7,9H2,1-2H3. The molecule has 1 aliphatic heterocycles. The Morgan fingerprint density at radius 2 is 2.09 bits per heavy atom. The van der Waals surface area contributed by atoms with Gasteiger partial charge in [0, 0.05) is 25.3 Å². The average Bonchev–Trinajstić information content (AvgIpc) is 2.52. The van der Waals surface area contributed by atoms with E-state index in [-0.39, 0.29) is 29.4 Å². The molecule has 0 saturated carbocycles. The first-order valence-electron chi connectivity index (χ1n) is 7.40. The Hall–Kier alpha value is -2.16. The Kier molecular flexibility index (Phi) is 5.91. The Balaban J connectivity index is 2.18. The minimum absolute atomic E-state index is 0.0746. The molecule has 1 aliphatic rings. The van der Waals surface area contributed by atoms with E-state index in [9.17, 15) is 9.59 Å². The molecule has 2 rings (SSSR count). The lowest BCUT2D eigenvalue weighted by Gasteiger charge is -2.29. The van der Waals surface area contributed by atoms with Gasteiger partial charge in [-0.3, -0.25) is 14.3 Å². The molecule has 0 radical (unpaired) electrons. The number of aromatic nitrogens is 2. The highest BCUT2D eigenvalue weighted by atomic mass is 32.1. The molecule has 0 spiro atoms. The number of ether oxygens (including phenoxy) is 3. The van der Waals surface area contributed by atoms with Gasteiger partial charge < -0.3 is 19.1 Å². The smallest absolute Gasteiger partial charge is 0.355 e. The summed E-state index contributed by atoms with van der Waals surface area (Å²) in [5, 5.41) is 3.91. The third-order valence-electron chi connectivity index (χ3n) is 3.22. The normalized spacial score (nSPS) is 13.5. The van der Waals surface area contributed by atoms with Gasteiger partial charge in [0.25, 0.3) is 5.91 Å². The van der Waals surface area contributed by atoms with Gasteiger partial charge >= 0.3 is 5.24 Å². The van der Waals surface area contributed by atoms with Crippen LogP contribution in [0.5, 0.6) is 5.75 Å². The SMILES string of the molecule is CCCN1CCn2ncc(=O)c(OCOC(=S)OCC)c2C1=O. The summed E-state index contributed by atoms with van der Waals surface area (Å²) in [6.07, 6.45) is 1.96. The molecule has 0 aromatic carbocycles. The molecule has 1 aromatic rings. The van der Waals surface area contributed by atoms with Crippen molar-refractivity contribution in [3.8, 4) is 5.75 Å². The zero-order valence-electron chi connectivity index (χ0n) is 13.1. The highest BCUT2D eigenvalue weighted by molar-refractivity contribution is 7.79. The van der Waals surface area contributed by atoms with Crippen LogP contribution >= 0.6 is 12.2 Å². The minimum atomic E-state index is -0.478. The Labute approximate surface area is 138 Å². The fourth-order valence-electron chi connectivity index (χ4n) is 2.23. The summed E-state index contributed by atoms with van der Waals surface area (Å²) < 4.78 is 16.8. The summed E-state index contributed by atoms with van der Waals surface area (Å²) >= 11 is 4.80. The Morgan fingerprint density at radius 1 is 1.30 bits per heavy atom. The Morgan fingerprint density at radius 3 is 2.78 bits per heavy atom. The molecule has 0 unspecified atom stereocenters. The van der Waals surface area contributed by atoms with Gasteiger partial charge in [-0.2, -0.15) is 5.10 Å². The van der Waals surface area contributed by atoms with Crippen LogP contribution in [0.1, 0.15) is 30.8 Å². The van der Waals surface area contributed by atoms with E-state index >= 15 is 0 Å². The third-order valence-corrected chi connectivity index (χ3v) is 3.45. The molecule has 126 valence electrons. The van der Waals surface area contributed by atoms with Crippen molar-refractivity contribution in [3.63, 3.8) is 0 Å². The number of amides is 1. The van der Waals surface area contributed by atoms with Crippen molar-refractivity contribution < 1.29 is 19.0 Å². The summed E-state index contributed by atoms with van der Waals surface area (Å²) in [5.41, 5.74) is -0.336. The maximum atomic E-state index is 12.5. The predicted octanol–water partition coefficient (Wildman–Crippen LogP) is 0.783. The number of carbonyl (C=O) groups is 1. The molecular formula is C14H19N3O5S. The van der Waals surface area contributed by atoms with Gasteiger partial charge in [-0.25, -0.2) is 0 Å². The van der Waals surface area contributed by atoms with E-state index in [1.807, 2.05) is 6.92 Å². The maximum Gasteiger partial charge on any atom is 0.355 e. The second-order valence-electron chi connectivity index (χ2n) is 4.79. The summed E-state index contributed by atoms with van der Waals surface area (Å²) in [4.78, 5) is 26.2. The van der Waals surface area contributed by atoms with E-state index < -0.39 is 5.43 Å². The number of hydrogen-bond acceptors (Lipinski definition) is 7. The van der Waals surface area contributed by atoms with Crippen LogP contribution in [-0.4, -0.2) is 52.3 Å². The zero-order chi connectivity index (χ0) is 16.8. The predicted molar refractivity (Wildman–Crippen MR) is 85.5 cm³/mol. The number of thiocarbonyl (C=S) groups is 1. The van der Waals surface area contributed by atoms with Crippen molar-refractivity contribution in [1.29, 1.82) is 0 Å². The van der Waals surface area contributed by atoms with E-state index in [4.69, 9.17) is 26.4 Å². The molecule has 0 saturated heterocycles. The van der Waals surface area contributed by atoms with Crippen LogP contribution in [0.3, 0.4) is 0 Å². The number of hydrogen-bond donors (Lipinski definition) is 0. The molecule has 0 aliphatic carbocycles. The zero-order valence-corrected chi connectivity index (χ0v) is 13.9. The average molecular weight is 341 g/mol. The quantitative estimate of drug-likeness (QED) is 0.558. The number of rotatable bonds is 6. The van der Waals surface area contributed by atoms with Gasteiger partial charge in [-0.05, 0) is 13.3 Å². The van der Waals surface area contributed by atoms with Crippen molar-refractivity contribution in [2.24, 2.45) is 0 Å². The highest BCUT2D eigenvalue weighted by Gasteiger charge is 2.29. The lowest BCUT2D eigenvalue weighted by atomic mass is 10.2. The molecule has 1 aromatic heterocycles. The molecule has 2 heterocycles. The van der Waals surface area contributed by atoms with Gasteiger partial charge in [0.15, 0.2) is 5.69 Å². The van der Waals surface area contributed by atoms with Crippen molar-refractivity contribution in [2.75, 3.05) is 26.5 Å². The van der Waals surface area contributed by atoms with Crippen LogP contribution in [0.2, 0.25) is 0 Å². The lowest BCUT2D eigenvalue weighted by Crippen LogP contribution is -2.43. The van der Waals surface area contributed by atoms with E-state index in [1.165, 1.54) is 4.68 Å². The van der Waals surface area contributed by atoms with Gasteiger partial charge in [0.1, 0.15) is 0 Å². The summed E-state index contributed by atoms with van der Waals surface area (Å²) in [5.74, 6) is -0.351. The first-order valence-corrected chi connectivity index (χ1v) is 7.81. The molecule has 0 bridgehead atoms. The van der Waals surface area contributed by atoms with Crippen LogP contribution < -0.4 is 10.2 Å². The van der Waals surface area contributed by atoms with E-state index in [1.54, 1.807) is 11.8 Å². The molecule has 9 heteroatoms. The fraction of sp³-hybridized carbons (Fsp3) is 0.571. The molecule has 0 N–H and O–H groups in total. The molecule has 0 atom stereocenters. The second kappa shape index (κ2) is 7.91.